The van der Waals surface area contributed by atoms with Crippen LogP contribution in [0, 0.1) is 12.3 Å². The van der Waals surface area contributed by atoms with E-state index in [1.165, 1.54) is 18.2 Å². The first-order chi connectivity index (χ1) is 8.61. The second-order valence-electron chi connectivity index (χ2n) is 5.74. The summed E-state index contributed by atoms with van der Waals surface area (Å²) >= 11 is 0. The first-order valence-corrected chi connectivity index (χ1v) is 7.60. The van der Waals surface area contributed by atoms with E-state index in [2.05, 4.69) is 19.2 Å². The molecule has 0 bridgehead atoms. The number of carbonyl (C=O) groups is 1. The Morgan fingerprint density at radius 2 is 2.00 bits per heavy atom. The fraction of sp³-hybridized carbons (Fsp3) is 0.462. The van der Waals surface area contributed by atoms with Crippen molar-refractivity contribution < 1.29 is 13.2 Å². The number of primary sulfonamides is 1. The molecule has 5 nitrogen and oxygen atoms in total. The van der Waals surface area contributed by atoms with Gasteiger partial charge in [0, 0.05) is 11.6 Å². The normalized spacial score (nSPS) is 20.9. The minimum Gasteiger partial charge on any atom is -0.349 e. The van der Waals surface area contributed by atoms with E-state index in [1.54, 1.807) is 6.92 Å². The van der Waals surface area contributed by atoms with Crippen LogP contribution >= 0.6 is 0 Å². The van der Waals surface area contributed by atoms with Crippen molar-refractivity contribution in [1.29, 1.82) is 0 Å². The van der Waals surface area contributed by atoms with Crippen LogP contribution < -0.4 is 10.5 Å². The van der Waals surface area contributed by atoms with E-state index in [0.717, 1.165) is 6.42 Å². The molecular formula is C13H18N2O3S. The van der Waals surface area contributed by atoms with Crippen molar-refractivity contribution in [3.8, 4) is 0 Å². The van der Waals surface area contributed by atoms with E-state index in [0.29, 0.717) is 11.1 Å². The maximum Gasteiger partial charge on any atom is 0.251 e. The first kappa shape index (κ1) is 14.0. The summed E-state index contributed by atoms with van der Waals surface area (Å²) in [5.41, 5.74) is 1.24. The van der Waals surface area contributed by atoms with E-state index >= 15 is 0 Å². The summed E-state index contributed by atoms with van der Waals surface area (Å²) in [6.07, 6.45) is 0.965. The van der Waals surface area contributed by atoms with Gasteiger partial charge < -0.3 is 5.32 Å². The van der Waals surface area contributed by atoms with Gasteiger partial charge in [0.05, 0.1) is 4.90 Å². The van der Waals surface area contributed by atoms with Gasteiger partial charge in [-0.1, -0.05) is 13.8 Å². The second-order valence-corrected chi connectivity index (χ2v) is 7.30. The molecule has 1 amide bonds. The smallest absolute Gasteiger partial charge is 0.251 e. The molecule has 3 N–H and O–H groups in total. The van der Waals surface area contributed by atoms with Crippen molar-refractivity contribution in [1.82, 2.24) is 5.32 Å². The zero-order valence-electron chi connectivity index (χ0n) is 11.2. The molecule has 0 aromatic heterocycles. The molecule has 104 valence electrons. The van der Waals surface area contributed by atoms with Gasteiger partial charge in [-0.15, -0.1) is 0 Å². The Morgan fingerprint density at radius 1 is 1.42 bits per heavy atom. The lowest BCUT2D eigenvalue weighted by molar-refractivity contribution is 0.0945. The third-order valence-corrected chi connectivity index (χ3v) is 4.50. The number of rotatable bonds is 3. The summed E-state index contributed by atoms with van der Waals surface area (Å²) in [6.45, 7) is 5.88. The van der Waals surface area contributed by atoms with E-state index in [9.17, 15) is 13.2 Å². The van der Waals surface area contributed by atoms with Gasteiger partial charge in [-0.3, -0.25) is 4.79 Å². The lowest BCUT2D eigenvalue weighted by Gasteiger charge is -2.10. The van der Waals surface area contributed by atoms with E-state index in [4.69, 9.17) is 5.14 Å². The van der Waals surface area contributed by atoms with Gasteiger partial charge >= 0.3 is 0 Å². The number of hydrogen-bond acceptors (Lipinski definition) is 3. The van der Waals surface area contributed by atoms with Gasteiger partial charge in [0.15, 0.2) is 0 Å². The molecule has 6 heteroatoms. The van der Waals surface area contributed by atoms with Crippen LogP contribution in [0.1, 0.15) is 36.2 Å². The van der Waals surface area contributed by atoms with Crippen molar-refractivity contribution in [2.45, 2.75) is 38.1 Å². The van der Waals surface area contributed by atoms with Crippen LogP contribution in [0.25, 0.3) is 0 Å². The van der Waals surface area contributed by atoms with Gasteiger partial charge in [-0.05, 0) is 42.5 Å². The lowest BCUT2D eigenvalue weighted by atomic mass is 10.1. The molecule has 0 radical (unpaired) electrons. The maximum absolute atomic E-state index is 12.1. The first-order valence-electron chi connectivity index (χ1n) is 6.05. The van der Waals surface area contributed by atoms with Gasteiger partial charge in [-0.2, -0.15) is 0 Å². The number of hydrogen-bond donors (Lipinski definition) is 2. The average Bonchev–Trinajstić information content (AvgIpc) is 2.84. The summed E-state index contributed by atoms with van der Waals surface area (Å²) in [4.78, 5) is 12.1. The molecule has 1 atom stereocenters. The highest BCUT2D eigenvalue weighted by molar-refractivity contribution is 7.89. The molecule has 19 heavy (non-hydrogen) atoms. The zero-order valence-corrected chi connectivity index (χ0v) is 12.0. The van der Waals surface area contributed by atoms with Crippen LogP contribution in [0.5, 0.6) is 0 Å². The largest absolute Gasteiger partial charge is 0.349 e. The number of benzene rings is 1. The molecule has 1 unspecified atom stereocenters. The Balaban J connectivity index is 2.20. The quantitative estimate of drug-likeness (QED) is 0.872. The fourth-order valence-electron chi connectivity index (χ4n) is 2.02. The van der Waals surface area contributed by atoms with Crippen LogP contribution in [0.4, 0.5) is 0 Å². The van der Waals surface area contributed by atoms with Gasteiger partial charge in [0.25, 0.3) is 5.91 Å². The van der Waals surface area contributed by atoms with Gasteiger partial charge in [-0.25, -0.2) is 13.6 Å². The lowest BCUT2D eigenvalue weighted by Crippen LogP contribution is -2.29. The topological polar surface area (TPSA) is 89.3 Å². The number of sulfonamides is 1. The Morgan fingerprint density at radius 3 is 2.42 bits per heavy atom. The van der Waals surface area contributed by atoms with E-state index in [-0.39, 0.29) is 22.3 Å². The maximum atomic E-state index is 12.1. The minimum absolute atomic E-state index is 0.0216. The standard InChI is InChI=1S/C13H18N2O3S/c1-8-6-9(19(14,17)18)4-5-10(8)12(16)15-11-7-13(11,2)3/h4-6,11H,7H2,1-3H3,(H,15,16)(H2,14,17,18). The molecule has 1 saturated carbocycles. The highest BCUT2D eigenvalue weighted by Gasteiger charge is 2.46. The molecule has 1 aromatic rings. The van der Waals surface area contributed by atoms with Crippen LogP contribution in [0.3, 0.4) is 0 Å². The summed E-state index contributed by atoms with van der Waals surface area (Å²) in [5, 5.41) is 7.99. The number of nitrogens with two attached hydrogens (primary N) is 1. The van der Waals surface area contributed by atoms with Crippen LogP contribution in [0.2, 0.25) is 0 Å². The van der Waals surface area contributed by atoms with Crippen molar-refractivity contribution in [3.05, 3.63) is 29.3 Å². The summed E-state index contributed by atoms with van der Waals surface area (Å²) in [5.74, 6) is -0.172. The summed E-state index contributed by atoms with van der Waals surface area (Å²) in [7, 11) is -3.73. The molecule has 0 aliphatic heterocycles. The van der Waals surface area contributed by atoms with Crippen molar-refractivity contribution in [2.24, 2.45) is 10.6 Å². The average molecular weight is 282 g/mol. The van der Waals surface area contributed by atoms with Crippen LogP contribution in [-0.4, -0.2) is 20.4 Å². The van der Waals surface area contributed by atoms with Crippen LogP contribution in [0.15, 0.2) is 23.1 Å². The summed E-state index contributed by atoms with van der Waals surface area (Å²) < 4.78 is 22.4. The monoisotopic (exact) mass is 282 g/mol. The molecule has 1 fully saturated rings. The number of amides is 1. The highest BCUT2D eigenvalue weighted by Crippen LogP contribution is 2.44. The molecule has 2 rings (SSSR count). The Kier molecular flexibility index (Phi) is 3.18. The molecule has 0 saturated heterocycles. The SMILES string of the molecule is Cc1cc(S(N)(=O)=O)ccc1C(=O)NC1CC1(C)C. The predicted molar refractivity (Wildman–Crippen MR) is 72.2 cm³/mol. The van der Waals surface area contributed by atoms with Gasteiger partial charge in [0.1, 0.15) is 0 Å². The molecule has 1 aliphatic carbocycles. The molecule has 0 spiro atoms. The number of carbonyl (C=O) groups excluding carboxylic acids is 1. The van der Waals surface area contributed by atoms with Crippen LogP contribution in [-0.2, 0) is 10.0 Å². The summed E-state index contributed by atoms with van der Waals surface area (Å²) in [6, 6.07) is 4.47. The van der Waals surface area contributed by atoms with Crippen molar-refractivity contribution in [2.75, 3.05) is 0 Å². The minimum atomic E-state index is -3.73. The molecule has 0 heterocycles. The Labute approximate surface area is 113 Å². The number of aryl methyl sites for hydroxylation is 1. The Bertz CT molecular complexity index is 635. The zero-order chi connectivity index (χ0) is 14.4. The van der Waals surface area contributed by atoms with Crippen molar-refractivity contribution in [3.63, 3.8) is 0 Å². The third kappa shape index (κ3) is 2.96. The van der Waals surface area contributed by atoms with E-state index < -0.39 is 10.0 Å². The number of nitrogens with one attached hydrogen (secondary N) is 1. The van der Waals surface area contributed by atoms with Gasteiger partial charge in [0.2, 0.25) is 10.0 Å². The fourth-order valence-corrected chi connectivity index (χ4v) is 2.62. The second kappa shape index (κ2) is 4.31. The van der Waals surface area contributed by atoms with Crippen molar-refractivity contribution >= 4 is 15.9 Å². The Hall–Kier alpha value is -1.40. The molecular weight excluding hydrogens is 264 g/mol. The molecule has 1 aliphatic rings. The third-order valence-electron chi connectivity index (χ3n) is 3.59. The predicted octanol–water partition coefficient (Wildman–Crippen LogP) is 1.17. The van der Waals surface area contributed by atoms with E-state index in [1.807, 2.05) is 0 Å². The highest BCUT2D eigenvalue weighted by atomic mass is 32.2. The molecule has 1 aromatic carbocycles.